The first-order chi connectivity index (χ1) is 13.8. The Balaban J connectivity index is 1.68. The summed E-state index contributed by atoms with van der Waals surface area (Å²) in [5.41, 5.74) is 1.37. The van der Waals surface area contributed by atoms with Gasteiger partial charge in [0.05, 0.1) is 34.5 Å². The number of nitrogens with one attached hydrogen (secondary N) is 1. The molecule has 0 radical (unpaired) electrons. The van der Waals surface area contributed by atoms with Gasteiger partial charge in [0.1, 0.15) is 4.90 Å². The molecule has 0 bridgehead atoms. The van der Waals surface area contributed by atoms with Gasteiger partial charge < -0.3 is 5.32 Å². The summed E-state index contributed by atoms with van der Waals surface area (Å²) >= 11 is 3.45. The van der Waals surface area contributed by atoms with Gasteiger partial charge in [0.2, 0.25) is 15.9 Å². The van der Waals surface area contributed by atoms with Crippen LogP contribution in [0.25, 0.3) is 0 Å². The Morgan fingerprint density at radius 1 is 1.34 bits per heavy atom. The second-order valence-corrected chi connectivity index (χ2v) is 9.87. The number of piperidine rings is 1. The number of halogens is 1. The molecule has 11 heteroatoms. The lowest BCUT2D eigenvalue weighted by atomic mass is 9.99. The van der Waals surface area contributed by atoms with Crippen LogP contribution in [0.3, 0.4) is 0 Å². The minimum Gasteiger partial charge on any atom is -0.350 e. The molecule has 2 aromatic heterocycles. The molecule has 0 aromatic carbocycles. The Hall–Kier alpha value is -1.72. The first kappa shape index (κ1) is 22.0. The molecule has 1 fully saturated rings. The molecule has 2 aromatic rings. The molecule has 160 valence electrons. The van der Waals surface area contributed by atoms with Crippen LogP contribution in [0.4, 0.5) is 0 Å². The van der Waals surface area contributed by atoms with Crippen molar-refractivity contribution in [3.05, 3.63) is 28.3 Å². The zero-order chi connectivity index (χ0) is 21.2. The smallest absolute Gasteiger partial charge is 0.246 e. The molecule has 9 nitrogen and oxygen atoms in total. The van der Waals surface area contributed by atoms with Crippen LogP contribution in [0.15, 0.2) is 21.8 Å². The number of aromatic nitrogens is 4. The molecule has 0 spiro atoms. The summed E-state index contributed by atoms with van der Waals surface area (Å²) in [6, 6.07) is 0. The van der Waals surface area contributed by atoms with Crippen molar-refractivity contribution in [2.75, 3.05) is 13.1 Å². The van der Waals surface area contributed by atoms with Crippen molar-refractivity contribution < 1.29 is 13.2 Å². The van der Waals surface area contributed by atoms with Crippen molar-refractivity contribution in [1.29, 1.82) is 0 Å². The topological polar surface area (TPSA) is 102 Å². The normalized spacial score (nSPS) is 18.1. The monoisotopic (exact) mass is 486 g/mol. The number of amides is 1. The summed E-state index contributed by atoms with van der Waals surface area (Å²) in [5.74, 6) is -0.515. The number of rotatable bonds is 7. The predicted molar refractivity (Wildman–Crippen MR) is 112 cm³/mol. The maximum atomic E-state index is 13.1. The summed E-state index contributed by atoms with van der Waals surface area (Å²) in [5, 5.41) is 11.4. The Labute approximate surface area is 179 Å². The van der Waals surface area contributed by atoms with Gasteiger partial charge in [-0.1, -0.05) is 0 Å². The quantitative estimate of drug-likeness (QED) is 0.643. The Morgan fingerprint density at radius 2 is 2.10 bits per heavy atom. The van der Waals surface area contributed by atoms with Crippen molar-refractivity contribution in [2.24, 2.45) is 5.92 Å². The van der Waals surface area contributed by atoms with Crippen LogP contribution in [0, 0.1) is 12.8 Å². The molecular weight excluding hydrogens is 460 g/mol. The highest BCUT2D eigenvalue weighted by molar-refractivity contribution is 9.10. The molecule has 3 heterocycles. The fourth-order valence-corrected chi connectivity index (χ4v) is 5.71. The third-order valence-corrected chi connectivity index (χ3v) is 7.86. The SMILES string of the molecule is CCn1cc(S(=O)(=O)N2CCCC(C(=O)NCc3c(Br)cnn3CC)C2)c(C)n1. The molecular formula is C18H27BrN6O3S. The van der Waals surface area contributed by atoms with Gasteiger partial charge >= 0.3 is 0 Å². The van der Waals surface area contributed by atoms with Crippen molar-refractivity contribution in [1.82, 2.24) is 29.2 Å². The van der Waals surface area contributed by atoms with Crippen LogP contribution in [0.1, 0.15) is 38.1 Å². The van der Waals surface area contributed by atoms with Gasteiger partial charge in [-0.05, 0) is 49.5 Å². The Kier molecular flexibility index (Phi) is 6.79. The van der Waals surface area contributed by atoms with E-state index < -0.39 is 10.0 Å². The predicted octanol–water partition coefficient (Wildman–Crippen LogP) is 1.91. The van der Waals surface area contributed by atoms with Crippen molar-refractivity contribution in [3.63, 3.8) is 0 Å². The highest BCUT2D eigenvalue weighted by atomic mass is 79.9. The van der Waals surface area contributed by atoms with Crippen LogP contribution in [-0.2, 0) is 34.5 Å². The van der Waals surface area contributed by atoms with E-state index >= 15 is 0 Å². The number of aryl methyl sites for hydroxylation is 3. The van der Waals surface area contributed by atoms with Crippen molar-refractivity contribution in [2.45, 2.75) is 58.1 Å². The third kappa shape index (κ3) is 4.56. The lowest BCUT2D eigenvalue weighted by molar-refractivity contribution is -0.126. The summed E-state index contributed by atoms with van der Waals surface area (Å²) in [6.07, 6.45) is 4.59. The van der Waals surface area contributed by atoms with Crippen LogP contribution in [-0.4, -0.2) is 51.3 Å². The summed E-state index contributed by atoms with van der Waals surface area (Å²) < 4.78 is 31.9. The van der Waals surface area contributed by atoms with E-state index in [1.807, 2.05) is 18.5 Å². The van der Waals surface area contributed by atoms with Gasteiger partial charge in [-0.25, -0.2) is 8.42 Å². The zero-order valence-corrected chi connectivity index (χ0v) is 19.3. The summed E-state index contributed by atoms with van der Waals surface area (Å²) in [7, 11) is -3.68. The van der Waals surface area contributed by atoms with Gasteiger partial charge in [0.25, 0.3) is 0 Å². The van der Waals surface area contributed by atoms with Gasteiger partial charge in [0, 0.05) is 32.4 Å². The molecule has 1 N–H and O–H groups in total. The second kappa shape index (κ2) is 8.97. The minimum absolute atomic E-state index is 0.137. The Bertz CT molecular complexity index is 984. The number of sulfonamides is 1. The fraction of sp³-hybridized carbons (Fsp3) is 0.611. The van der Waals surface area contributed by atoms with E-state index in [9.17, 15) is 13.2 Å². The van der Waals surface area contributed by atoms with Crippen LogP contribution in [0.2, 0.25) is 0 Å². The highest BCUT2D eigenvalue weighted by Crippen LogP contribution is 2.26. The van der Waals surface area contributed by atoms with E-state index in [2.05, 4.69) is 31.4 Å². The van der Waals surface area contributed by atoms with Crippen LogP contribution < -0.4 is 5.32 Å². The van der Waals surface area contributed by atoms with Gasteiger partial charge in [-0.2, -0.15) is 14.5 Å². The first-order valence-electron chi connectivity index (χ1n) is 9.80. The molecule has 1 saturated heterocycles. The largest absolute Gasteiger partial charge is 0.350 e. The average molecular weight is 487 g/mol. The van der Waals surface area contributed by atoms with Gasteiger partial charge in [0.15, 0.2) is 0 Å². The maximum absolute atomic E-state index is 13.1. The van der Waals surface area contributed by atoms with E-state index in [1.165, 1.54) is 4.31 Å². The van der Waals surface area contributed by atoms with E-state index in [0.29, 0.717) is 44.7 Å². The standard InChI is InChI=1S/C18H27BrN6O3S/c1-4-23-12-17(13(3)22-23)29(27,28)24-8-6-7-14(11-24)18(26)20-10-16-15(19)9-21-25(16)5-2/h9,12,14H,4-8,10-11H2,1-3H3,(H,20,26). The molecule has 1 amide bonds. The lowest BCUT2D eigenvalue weighted by Crippen LogP contribution is -2.45. The first-order valence-corrected chi connectivity index (χ1v) is 12.0. The molecule has 1 atom stereocenters. The molecule has 3 rings (SSSR count). The van der Waals surface area contributed by atoms with Crippen LogP contribution in [0.5, 0.6) is 0 Å². The highest BCUT2D eigenvalue weighted by Gasteiger charge is 2.35. The van der Waals surface area contributed by atoms with E-state index in [4.69, 9.17) is 0 Å². The van der Waals surface area contributed by atoms with Crippen molar-refractivity contribution in [3.8, 4) is 0 Å². The van der Waals surface area contributed by atoms with E-state index in [-0.39, 0.29) is 23.3 Å². The lowest BCUT2D eigenvalue weighted by Gasteiger charge is -2.31. The molecule has 1 aliphatic heterocycles. The maximum Gasteiger partial charge on any atom is 0.246 e. The van der Waals surface area contributed by atoms with Crippen molar-refractivity contribution >= 4 is 31.9 Å². The fourth-order valence-electron chi connectivity index (χ4n) is 3.58. The average Bonchev–Trinajstić information content (AvgIpc) is 3.28. The number of hydrogen-bond acceptors (Lipinski definition) is 5. The molecule has 0 saturated carbocycles. The minimum atomic E-state index is -3.68. The van der Waals surface area contributed by atoms with Gasteiger partial charge in [-0.15, -0.1) is 0 Å². The third-order valence-electron chi connectivity index (χ3n) is 5.23. The van der Waals surface area contributed by atoms with E-state index in [1.54, 1.807) is 24.0 Å². The number of nitrogens with zero attached hydrogens (tertiary/aromatic N) is 5. The zero-order valence-electron chi connectivity index (χ0n) is 16.9. The number of hydrogen-bond donors (Lipinski definition) is 1. The van der Waals surface area contributed by atoms with Crippen LogP contribution >= 0.6 is 15.9 Å². The second-order valence-electron chi connectivity index (χ2n) is 7.11. The molecule has 1 aliphatic rings. The number of carbonyl (C=O) groups is 1. The Morgan fingerprint density at radius 3 is 2.76 bits per heavy atom. The van der Waals surface area contributed by atoms with Gasteiger partial charge in [-0.3, -0.25) is 14.2 Å². The molecule has 29 heavy (non-hydrogen) atoms. The molecule has 0 aliphatic carbocycles. The summed E-state index contributed by atoms with van der Waals surface area (Å²) in [6.45, 7) is 7.84. The van der Waals surface area contributed by atoms with E-state index in [0.717, 1.165) is 10.2 Å². The summed E-state index contributed by atoms with van der Waals surface area (Å²) in [4.78, 5) is 13.0. The number of carbonyl (C=O) groups excluding carboxylic acids is 1. The molecule has 1 unspecified atom stereocenters.